The highest BCUT2D eigenvalue weighted by Gasteiger charge is 2.21. The molecule has 0 aliphatic carbocycles. The van der Waals surface area contributed by atoms with Crippen LogP contribution in [0.15, 0.2) is 18.2 Å². The first kappa shape index (κ1) is 17.1. The van der Waals surface area contributed by atoms with Gasteiger partial charge in [0.1, 0.15) is 5.75 Å². The van der Waals surface area contributed by atoms with Crippen molar-refractivity contribution in [3.63, 3.8) is 0 Å². The summed E-state index contributed by atoms with van der Waals surface area (Å²) < 4.78 is 5.63. The molecule has 0 bridgehead atoms. The molecule has 0 saturated carbocycles. The van der Waals surface area contributed by atoms with Crippen LogP contribution in [0.4, 0.5) is 5.69 Å². The molecule has 4 heteroatoms. The van der Waals surface area contributed by atoms with Crippen molar-refractivity contribution in [2.75, 3.05) is 45.2 Å². The first-order valence-electron chi connectivity index (χ1n) is 8.46. The van der Waals surface area contributed by atoms with Gasteiger partial charge in [-0.2, -0.15) is 0 Å². The lowest BCUT2D eigenvalue weighted by Gasteiger charge is -2.35. The highest BCUT2D eigenvalue weighted by molar-refractivity contribution is 5.60. The van der Waals surface area contributed by atoms with Gasteiger partial charge in [0.05, 0.1) is 12.8 Å². The summed E-state index contributed by atoms with van der Waals surface area (Å²) in [7, 11) is 3.77. The lowest BCUT2D eigenvalue weighted by Crippen LogP contribution is -2.44. The number of nitrogens with zero attached hydrogens (tertiary/aromatic N) is 1. The molecule has 1 heterocycles. The number of methoxy groups -OCH3 is 1. The normalized spacial score (nSPS) is 16.3. The van der Waals surface area contributed by atoms with E-state index in [0.29, 0.717) is 12.0 Å². The van der Waals surface area contributed by atoms with Crippen LogP contribution < -0.4 is 20.3 Å². The predicted molar refractivity (Wildman–Crippen MR) is 94.2 cm³/mol. The topological polar surface area (TPSA) is 36.5 Å². The van der Waals surface area contributed by atoms with Gasteiger partial charge in [-0.3, -0.25) is 0 Å². The van der Waals surface area contributed by atoms with Crippen molar-refractivity contribution in [2.24, 2.45) is 0 Å². The lowest BCUT2D eigenvalue weighted by molar-refractivity contribution is 0.398. The Morgan fingerprint density at radius 3 is 2.55 bits per heavy atom. The lowest BCUT2D eigenvalue weighted by atomic mass is 10.0. The third-order valence-corrected chi connectivity index (χ3v) is 4.51. The Bertz CT molecular complexity index is 454. The van der Waals surface area contributed by atoms with Crippen LogP contribution in [-0.2, 0) is 0 Å². The van der Waals surface area contributed by atoms with Crippen molar-refractivity contribution in [2.45, 2.75) is 38.6 Å². The first-order chi connectivity index (χ1) is 10.7. The summed E-state index contributed by atoms with van der Waals surface area (Å²) in [6, 6.07) is 7.30. The zero-order chi connectivity index (χ0) is 15.9. The van der Waals surface area contributed by atoms with E-state index in [1.54, 1.807) is 7.11 Å². The number of hydrogen-bond acceptors (Lipinski definition) is 4. The molecule has 1 aromatic rings. The molecule has 22 heavy (non-hydrogen) atoms. The van der Waals surface area contributed by atoms with Crippen LogP contribution in [0.1, 0.15) is 38.2 Å². The van der Waals surface area contributed by atoms with Gasteiger partial charge in [0.25, 0.3) is 0 Å². The highest BCUT2D eigenvalue weighted by Crippen LogP contribution is 2.33. The summed E-state index contributed by atoms with van der Waals surface area (Å²) in [6.45, 7) is 8.70. The van der Waals surface area contributed by atoms with E-state index in [1.807, 2.05) is 7.05 Å². The Balaban J connectivity index is 1.96. The molecule has 1 aromatic carbocycles. The number of likely N-dealkylation sites (N-methyl/N-ethyl adjacent to an activating group) is 1. The molecule has 2 N–H and O–H groups in total. The number of hydrogen-bond donors (Lipinski definition) is 2. The van der Waals surface area contributed by atoms with Crippen molar-refractivity contribution >= 4 is 5.69 Å². The molecule has 1 aliphatic heterocycles. The number of benzene rings is 1. The monoisotopic (exact) mass is 305 g/mol. The first-order valence-corrected chi connectivity index (χ1v) is 8.46. The van der Waals surface area contributed by atoms with Gasteiger partial charge in [-0.15, -0.1) is 0 Å². The molecule has 4 nitrogen and oxygen atoms in total. The van der Waals surface area contributed by atoms with Crippen LogP contribution in [0.2, 0.25) is 0 Å². The maximum atomic E-state index is 5.63. The summed E-state index contributed by atoms with van der Waals surface area (Å²) in [6.07, 6.45) is 2.39. The zero-order valence-electron chi connectivity index (χ0n) is 14.5. The van der Waals surface area contributed by atoms with E-state index < -0.39 is 0 Å². The summed E-state index contributed by atoms with van der Waals surface area (Å²) in [5.74, 6) is 1.54. The SMILES string of the molecule is CNCCNC1CCN(c2ccc(C(C)C)cc2OC)CC1. The van der Waals surface area contributed by atoms with Crippen LogP contribution in [0.3, 0.4) is 0 Å². The fourth-order valence-corrected chi connectivity index (χ4v) is 3.04. The number of ether oxygens (including phenoxy) is 1. The number of piperidine rings is 1. The van der Waals surface area contributed by atoms with E-state index in [4.69, 9.17) is 4.74 Å². The molecule has 124 valence electrons. The molecule has 0 aromatic heterocycles. The smallest absolute Gasteiger partial charge is 0.142 e. The predicted octanol–water partition coefficient (Wildman–Crippen LogP) is 2.60. The standard InChI is InChI=1S/C18H31N3O/c1-14(2)15-5-6-17(18(13-15)22-4)21-11-7-16(8-12-21)20-10-9-19-3/h5-6,13-14,16,19-20H,7-12H2,1-4H3. The second-order valence-electron chi connectivity index (χ2n) is 6.40. The number of rotatable bonds is 7. The van der Waals surface area contributed by atoms with Crippen molar-refractivity contribution in [1.82, 2.24) is 10.6 Å². The van der Waals surface area contributed by atoms with Crippen molar-refractivity contribution in [1.29, 1.82) is 0 Å². The van der Waals surface area contributed by atoms with Crippen LogP contribution in [0.5, 0.6) is 5.75 Å². The molecule has 0 atom stereocenters. The van der Waals surface area contributed by atoms with Crippen LogP contribution in [0, 0.1) is 0 Å². The Labute approximate surface area is 135 Å². The Hall–Kier alpha value is -1.26. The largest absolute Gasteiger partial charge is 0.495 e. The summed E-state index contributed by atoms with van der Waals surface area (Å²) in [4.78, 5) is 2.46. The highest BCUT2D eigenvalue weighted by atomic mass is 16.5. The second-order valence-corrected chi connectivity index (χ2v) is 6.40. The quantitative estimate of drug-likeness (QED) is 0.759. The Morgan fingerprint density at radius 2 is 1.95 bits per heavy atom. The van der Waals surface area contributed by atoms with Crippen LogP contribution in [-0.4, -0.2) is 46.4 Å². The average Bonchev–Trinajstić information content (AvgIpc) is 2.55. The minimum absolute atomic E-state index is 0.532. The van der Waals surface area contributed by atoms with Gasteiger partial charge in [-0.05, 0) is 43.5 Å². The van der Waals surface area contributed by atoms with Crippen LogP contribution >= 0.6 is 0 Å². The van der Waals surface area contributed by atoms with Gasteiger partial charge in [0, 0.05) is 32.2 Å². The molecular formula is C18H31N3O. The van der Waals surface area contributed by atoms with Crippen LogP contribution in [0.25, 0.3) is 0 Å². The maximum Gasteiger partial charge on any atom is 0.142 e. The fraction of sp³-hybridized carbons (Fsp3) is 0.667. The minimum atomic E-state index is 0.532. The van der Waals surface area contributed by atoms with E-state index >= 15 is 0 Å². The Morgan fingerprint density at radius 1 is 1.23 bits per heavy atom. The summed E-state index contributed by atoms with van der Waals surface area (Å²) >= 11 is 0. The van der Waals surface area contributed by atoms with E-state index in [1.165, 1.54) is 24.1 Å². The van der Waals surface area contributed by atoms with Gasteiger partial charge in [-0.25, -0.2) is 0 Å². The van der Waals surface area contributed by atoms with Gasteiger partial charge < -0.3 is 20.3 Å². The molecule has 1 fully saturated rings. The van der Waals surface area contributed by atoms with E-state index in [-0.39, 0.29) is 0 Å². The number of anilines is 1. The van der Waals surface area contributed by atoms with Gasteiger partial charge in [0.15, 0.2) is 0 Å². The fourth-order valence-electron chi connectivity index (χ4n) is 3.04. The molecular weight excluding hydrogens is 274 g/mol. The molecule has 1 aliphatic rings. The maximum absolute atomic E-state index is 5.63. The van der Waals surface area contributed by atoms with E-state index in [2.05, 4.69) is 47.6 Å². The number of nitrogens with one attached hydrogen (secondary N) is 2. The molecule has 1 saturated heterocycles. The van der Waals surface area contributed by atoms with Crippen molar-refractivity contribution in [3.8, 4) is 5.75 Å². The summed E-state index contributed by atoms with van der Waals surface area (Å²) in [5, 5.41) is 6.81. The molecule has 0 unspecified atom stereocenters. The zero-order valence-corrected chi connectivity index (χ0v) is 14.5. The van der Waals surface area contributed by atoms with Crippen molar-refractivity contribution < 1.29 is 4.74 Å². The minimum Gasteiger partial charge on any atom is -0.495 e. The average molecular weight is 305 g/mol. The molecule has 0 spiro atoms. The third kappa shape index (κ3) is 4.37. The van der Waals surface area contributed by atoms with Crippen molar-refractivity contribution in [3.05, 3.63) is 23.8 Å². The van der Waals surface area contributed by atoms with E-state index in [9.17, 15) is 0 Å². The summed E-state index contributed by atoms with van der Waals surface area (Å²) in [5.41, 5.74) is 2.57. The van der Waals surface area contributed by atoms with Gasteiger partial charge in [0.2, 0.25) is 0 Å². The third-order valence-electron chi connectivity index (χ3n) is 4.51. The molecule has 0 amide bonds. The Kier molecular flexibility index (Phi) is 6.52. The van der Waals surface area contributed by atoms with E-state index in [0.717, 1.165) is 31.9 Å². The van der Waals surface area contributed by atoms with Gasteiger partial charge >= 0.3 is 0 Å². The van der Waals surface area contributed by atoms with Gasteiger partial charge in [-0.1, -0.05) is 19.9 Å². The molecule has 2 rings (SSSR count). The second kappa shape index (κ2) is 8.39. The molecule has 0 radical (unpaired) electrons.